The summed E-state index contributed by atoms with van der Waals surface area (Å²) in [4.78, 5) is 0. The Morgan fingerprint density at radius 3 is 1.55 bits per heavy atom. The number of fused-ring (bicyclic) bond motifs is 1. The molecule has 0 atom stereocenters. The first-order chi connectivity index (χ1) is 18.9. The predicted octanol–water partition coefficient (Wildman–Crippen LogP) is 9.89. The van der Waals surface area contributed by atoms with Gasteiger partial charge in [0.1, 0.15) is 5.76 Å². The molecular formula is C36H25NO. The van der Waals surface area contributed by atoms with Gasteiger partial charge in [-0.25, -0.2) is 0 Å². The molecule has 38 heavy (non-hydrogen) atoms. The molecule has 0 aliphatic heterocycles. The molecule has 0 radical (unpaired) electrons. The lowest BCUT2D eigenvalue weighted by Crippen LogP contribution is -1.95. The van der Waals surface area contributed by atoms with Gasteiger partial charge in [0.2, 0.25) is 0 Å². The van der Waals surface area contributed by atoms with Crippen LogP contribution in [0, 0.1) is 0 Å². The second-order valence-electron chi connectivity index (χ2n) is 9.37. The Hall–Kier alpha value is -5.08. The smallest absolute Gasteiger partial charge is 0.160 e. The summed E-state index contributed by atoms with van der Waals surface area (Å²) in [5.41, 5.74) is 7.84. The molecule has 0 N–H and O–H groups in total. The maximum absolute atomic E-state index is 6.96. The van der Waals surface area contributed by atoms with Gasteiger partial charge >= 0.3 is 0 Å². The normalized spacial score (nSPS) is 11.2. The lowest BCUT2D eigenvalue weighted by atomic mass is 9.96. The third-order valence-electron chi connectivity index (χ3n) is 7.10. The molecule has 0 amide bonds. The number of furan rings is 1. The molecule has 0 fully saturated rings. The number of para-hydroxylation sites is 1. The van der Waals surface area contributed by atoms with Gasteiger partial charge in [-0.05, 0) is 34.9 Å². The Morgan fingerprint density at radius 2 is 0.895 bits per heavy atom. The third-order valence-corrected chi connectivity index (χ3v) is 7.10. The van der Waals surface area contributed by atoms with Crippen LogP contribution in [0.4, 0.5) is 0 Å². The van der Waals surface area contributed by atoms with Crippen LogP contribution in [0.15, 0.2) is 156 Å². The average molecular weight is 488 g/mol. The van der Waals surface area contributed by atoms with Crippen LogP contribution in [0.2, 0.25) is 0 Å². The first-order valence-corrected chi connectivity index (χ1v) is 12.9. The second-order valence-corrected chi connectivity index (χ2v) is 9.37. The minimum absolute atomic E-state index is 0.867. The predicted molar refractivity (Wildman–Crippen MR) is 157 cm³/mol. The largest absolute Gasteiger partial charge is 0.453 e. The monoisotopic (exact) mass is 487 g/mol. The van der Waals surface area contributed by atoms with Crippen molar-refractivity contribution in [1.29, 1.82) is 0 Å². The number of hydrogen-bond donors (Lipinski definition) is 0. The maximum Gasteiger partial charge on any atom is 0.160 e. The van der Waals surface area contributed by atoms with Gasteiger partial charge in [0.05, 0.1) is 5.69 Å². The molecule has 0 saturated heterocycles. The molecule has 0 aliphatic carbocycles. The highest BCUT2D eigenvalue weighted by molar-refractivity contribution is 6.06. The molecule has 7 rings (SSSR count). The van der Waals surface area contributed by atoms with E-state index in [0.717, 1.165) is 55.9 Å². The van der Waals surface area contributed by atoms with E-state index in [2.05, 4.69) is 150 Å². The lowest BCUT2D eigenvalue weighted by molar-refractivity contribution is 0.598. The molecule has 2 heterocycles. The molecule has 0 unspecified atom stereocenters. The summed E-state index contributed by atoms with van der Waals surface area (Å²) >= 11 is 0. The van der Waals surface area contributed by atoms with E-state index in [4.69, 9.17) is 4.42 Å². The second kappa shape index (κ2) is 9.42. The van der Waals surface area contributed by atoms with E-state index in [0.29, 0.717) is 0 Å². The zero-order valence-corrected chi connectivity index (χ0v) is 20.8. The van der Waals surface area contributed by atoms with Crippen LogP contribution in [0.25, 0.3) is 61.5 Å². The van der Waals surface area contributed by atoms with E-state index >= 15 is 0 Å². The minimum Gasteiger partial charge on any atom is -0.453 e. The van der Waals surface area contributed by atoms with Gasteiger partial charge < -0.3 is 8.98 Å². The topological polar surface area (TPSA) is 18.1 Å². The Bertz CT molecular complexity index is 1790. The van der Waals surface area contributed by atoms with Crippen molar-refractivity contribution in [3.8, 4) is 50.7 Å². The molecular weight excluding hydrogens is 462 g/mol. The maximum atomic E-state index is 6.96. The van der Waals surface area contributed by atoms with Crippen LogP contribution in [-0.2, 0) is 0 Å². The number of nitrogens with zero attached hydrogens (tertiary/aromatic N) is 1. The van der Waals surface area contributed by atoms with E-state index in [9.17, 15) is 0 Å². The van der Waals surface area contributed by atoms with Crippen molar-refractivity contribution >= 4 is 10.8 Å². The van der Waals surface area contributed by atoms with Crippen LogP contribution in [0.5, 0.6) is 0 Å². The fourth-order valence-electron chi connectivity index (χ4n) is 5.34. The zero-order chi connectivity index (χ0) is 25.3. The molecule has 0 bridgehead atoms. The molecule has 0 spiro atoms. The van der Waals surface area contributed by atoms with Crippen LogP contribution >= 0.6 is 0 Å². The molecule has 2 aromatic heterocycles. The zero-order valence-electron chi connectivity index (χ0n) is 20.8. The lowest BCUT2D eigenvalue weighted by Gasteiger charge is -2.11. The Morgan fingerprint density at radius 1 is 0.395 bits per heavy atom. The SMILES string of the molecule is c1ccc(-c2ccccc2-c2oc(-c3c(-c4ccccc4)ccn3-c3ccccc3)c3ccccc23)cc1. The van der Waals surface area contributed by atoms with Crippen LogP contribution in [0.1, 0.15) is 0 Å². The first-order valence-electron chi connectivity index (χ1n) is 12.9. The number of aromatic nitrogens is 1. The van der Waals surface area contributed by atoms with Crippen LogP contribution in [0.3, 0.4) is 0 Å². The summed E-state index contributed by atoms with van der Waals surface area (Å²) < 4.78 is 9.20. The number of rotatable bonds is 5. The van der Waals surface area contributed by atoms with Crippen molar-refractivity contribution in [2.75, 3.05) is 0 Å². The van der Waals surface area contributed by atoms with Gasteiger partial charge in [-0.3, -0.25) is 0 Å². The highest BCUT2D eigenvalue weighted by atomic mass is 16.3. The Labute approximate surface area is 222 Å². The molecule has 0 aliphatic rings. The van der Waals surface area contributed by atoms with E-state index < -0.39 is 0 Å². The van der Waals surface area contributed by atoms with E-state index in [1.54, 1.807) is 0 Å². The van der Waals surface area contributed by atoms with Gasteiger partial charge in [-0.1, -0.05) is 127 Å². The van der Waals surface area contributed by atoms with E-state index in [1.165, 1.54) is 5.56 Å². The van der Waals surface area contributed by atoms with E-state index in [-0.39, 0.29) is 0 Å². The van der Waals surface area contributed by atoms with Crippen molar-refractivity contribution in [3.63, 3.8) is 0 Å². The number of hydrogen-bond acceptors (Lipinski definition) is 1. The quantitative estimate of drug-likeness (QED) is 0.236. The van der Waals surface area contributed by atoms with Gasteiger partial charge in [0.15, 0.2) is 5.76 Å². The first kappa shape index (κ1) is 22.1. The Kier molecular flexibility index (Phi) is 5.49. The summed E-state index contributed by atoms with van der Waals surface area (Å²) in [7, 11) is 0. The highest BCUT2D eigenvalue weighted by Gasteiger charge is 2.24. The van der Waals surface area contributed by atoms with Gasteiger partial charge in [0, 0.05) is 33.8 Å². The molecule has 2 heteroatoms. The fraction of sp³-hybridized carbons (Fsp3) is 0. The van der Waals surface area contributed by atoms with Crippen molar-refractivity contribution in [1.82, 2.24) is 4.57 Å². The molecule has 180 valence electrons. The average Bonchev–Trinajstić information content (AvgIpc) is 3.61. The number of benzene rings is 5. The summed E-state index contributed by atoms with van der Waals surface area (Å²) in [6.07, 6.45) is 2.14. The summed E-state index contributed by atoms with van der Waals surface area (Å²) in [5, 5.41) is 2.20. The van der Waals surface area contributed by atoms with Crippen LogP contribution < -0.4 is 0 Å². The van der Waals surface area contributed by atoms with Gasteiger partial charge in [-0.15, -0.1) is 0 Å². The molecule has 0 saturated carbocycles. The van der Waals surface area contributed by atoms with Crippen molar-refractivity contribution in [2.45, 2.75) is 0 Å². The summed E-state index contributed by atoms with van der Waals surface area (Å²) in [6.45, 7) is 0. The fourth-order valence-corrected chi connectivity index (χ4v) is 5.34. The summed E-state index contributed by atoms with van der Waals surface area (Å²) in [6, 6.07) is 50.7. The third kappa shape index (κ3) is 3.75. The van der Waals surface area contributed by atoms with Crippen molar-refractivity contribution in [2.24, 2.45) is 0 Å². The minimum atomic E-state index is 0.867. The summed E-state index contributed by atoms with van der Waals surface area (Å²) in [5.74, 6) is 1.75. The highest BCUT2D eigenvalue weighted by Crippen LogP contribution is 2.45. The Balaban J connectivity index is 1.53. The van der Waals surface area contributed by atoms with Crippen molar-refractivity contribution < 1.29 is 4.42 Å². The molecule has 5 aromatic carbocycles. The van der Waals surface area contributed by atoms with Crippen LogP contribution in [-0.4, -0.2) is 4.57 Å². The molecule has 7 aromatic rings. The van der Waals surface area contributed by atoms with Crippen molar-refractivity contribution in [3.05, 3.63) is 152 Å². The molecule has 2 nitrogen and oxygen atoms in total. The standard InChI is InChI=1S/C36H25NO/c1-4-14-26(15-5-1)29-20-10-11-21-31(29)35-32-22-12-13-23-33(32)36(38-35)34-30(27-16-6-2-7-17-27)24-25-37(34)28-18-8-3-9-19-28/h1-25H. The van der Waals surface area contributed by atoms with Gasteiger partial charge in [0.25, 0.3) is 0 Å². The van der Waals surface area contributed by atoms with Gasteiger partial charge in [-0.2, -0.15) is 0 Å². The van der Waals surface area contributed by atoms with E-state index in [1.807, 2.05) is 6.07 Å².